The van der Waals surface area contributed by atoms with Crippen LogP contribution in [0.5, 0.6) is 0 Å². The molecule has 2 fully saturated rings. The van der Waals surface area contributed by atoms with Crippen LogP contribution in [0.4, 0.5) is 30.5 Å². The van der Waals surface area contributed by atoms with Crippen molar-refractivity contribution in [2.75, 3.05) is 49.5 Å². The fraction of sp³-hybridized carbons (Fsp3) is 0.500. The van der Waals surface area contributed by atoms with E-state index < -0.39 is 6.43 Å². The Bertz CT molecular complexity index is 778. The van der Waals surface area contributed by atoms with Crippen molar-refractivity contribution in [3.05, 3.63) is 41.5 Å². The summed E-state index contributed by atoms with van der Waals surface area (Å²) >= 11 is 0. The normalized spacial score (nSPS) is 18.3. The predicted molar refractivity (Wildman–Crippen MR) is 107 cm³/mol. The van der Waals surface area contributed by atoms with E-state index in [0.717, 1.165) is 45.2 Å². The number of alkyl halides is 2. The molecular weight excluding hydrogens is 381 g/mol. The van der Waals surface area contributed by atoms with Crippen LogP contribution < -0.4 is 20.9 Å². The van der Waals surface area contributed by atoms with Gasteiger partial charge in [-0.25, -0.2) is 23.1 Å². The Hall–Kier alpha value is -2.39. The molecule has 0 radical (unpaired) electrons. The molecule has 0 atom stereocenters. The lowest BCUT2D eigenvalue weighted by Gasteiger charge is -2.31. The van der Waals surface area contributed by atoms with Crippen molar-refractivity contribution in [3.63, 3.8) is 0 Å². The van der Waals surface area contributed by atoms with Gasteiger partial charge in [0.15, 0.2) is 5.82 Å². The predicted octanol–water partition coefficient (Wildman–Crippen LogP) is 3.17. The first-order chi connectivity index (χ1) is 14.1. The van der Waals surface area contributed by atoms with E-state index >= 15 is 4.39 Å². The minimum absolute atomic E-state index is 0.0498. The monoisotopic (exact) mass is 406 g/mol. The summed E-state index contributed by atoms with van der Waals surface area (Å²) in [6.45, 7) is 4.69. The van der Waals surface area contributed by atoms with Gasteiger partial charge >= 0.3 is 0 Å². The first kappa shape index (κ1) is 19.9. The molecule has 2 aromatic heterocycles. The summed E-state index contributed by atoms with van der Waals surface area (Å²) in [5, 5.41) is 9.64. The van der Waals surface area contributed by atoms with Crippen LogP contribution in [-0.2, 0) is 0 Å². The van der Waals surface area contributed by atoms with Gasteiger partial charge in [-0.2, -0.15) is 0 Å². The van der Waals surface area contributed by atoms with Gasteiger partial charge in [-0.05, 0) is 38.1 Å². The smallest absolute Gasteiger partial charge is 0.265 e. The number of halogens is 3. The zero-order valence-corrected chi connectivity index (χ0v) is 16.1. The van der Waals surface area contributed by atoms with E-state index in [9.17, 15) is 8.78 Å². The highest BCUT2D eigenvalue weighted by Crippen LogP contribution is 2.34. The number of pyridine rings is 2. The van der Waals surface area contributed by atoms with Gasteiger partial charge in [0.2, 0.25) is 0 Å². The molecule has 0 bridgehead atoms. The van der Waals surface area contributed by atoms with Crippen molar-refractivity contribution in [1.29, 1.82) is 0 Å². The summed E-state index contributed by atoms with van der Waals surface area (Å²) in [7, 11) is 0. The largest absolute Gasteiger partial charge is 0.366 e. The van der Waals surface area contributed by atoms with Gasteiger partial charge in [0.1, 0.15) is 11.6 Å². The Morgan fingerprint density at radius 3 is 2.41 bits per heavy atom. The van der Waals surface area contributed by atoms with Gasteiger partial charge in [-0.3, -0.25) is 0 Å². The molecule has 2 aliphatic heterocycles. The molecule has 0 spiro atoms. The van der Waals surface area contributed by atoms with E-state index in [4.69, 9.17) is 0 Å². The van der Waals surface area contributed by atoms with Gasteiger partial charge < -0.3 is 20.9 Å². The number of piperazine rings is 1. The zero-order chi connectivity index (χ0) is 20.2. The Balaban J connectivity index is 1.66. The summed E-state index contributed by atoms with van der Waals surface area (Å²) in [4.78, 5) is 10.6. The van der Waals surface area contributed by atoms with Gasteiger partial charge in [-0.15, -0.1) is 0 Å². The minimum atomic E-state index is -2.56. The minimum Gasteiger partial charge on any atom is -0.366 e. The van der Waals surface area contributed by atoms with E-state index in [0.29, 0.717) is 36.1 Å². The van der Waals surface area contributed by atoms with Crippen molar-refractivity contribution in [1.82, 2.24) is 20.6 Å². The van der Waals surface area contributed by atoms with Gasteiger partial charge in [-0.1, -0.05) is 0 Å². The molecule has 2 saturated heterocycles. The molecule has 0 saturated carbocycles. The van der Waals surface area contributed by atoms with Crippen molar-refractivity contribution in [2.24, 2.45) is 0 Å². The third kappa shape index (κ3) is 4.62. The maximum Gasteiger partial charge on any atom is 0.265 e. The summed E-state index contributed by atoms with van der Waals surface area (Å²) in [5.41, 5.74) is 0.857. The molecular formula is C20H25F3N6. The molecule has 3 N–H and O–H groups in total. The molecule has 29 heavy (non-hydrogen) atoms. The molecule has 2 aromatic rings. The Morgan fingerprint density at radius 1 is 1.03 bits per heavy atom. The molecule has 156 valence electrons. The highest BCUT2D eigenvalue weighted by Gasteiger charge is 2.26. The molecule has 9 heteroatoms. The number of hydrogen-bond donors (Lipinski definition) is 3. The van der Waals surface area contributed by atoms with Crippen LogP contribution in [0.3, 0.4) is 0 Å². The van der Waals surface area contributed by atoms with Gasteiger partial charge in [0.05, 0.1) is 11.4 Å². The molecule has 0 unspecified atom stereocenters. The number of nitrogens with zero attached hydrogens (tertiary/aromatic N) is 3. The van der Waals surface area contributed by atoms with Crippen molar-refractivity contribution >= 4 is 17.3 Å². The van der Waals surface area contributed by atoms with Gasteiger partial charge in [0.25, 0.3) is 6.43 Å². The number of anilines is 3. The molecule has 0 aromatic carbocycles. The quantitative estimate of drug-likeness (QED) is 0.709. The number of piperidine rings is 1. The van der Waals surface area contributed by atoms with Crippen molar-refractivity contribution in [3.8, 4) is 0 Å². The first-order valence-electron chi connectivity index (χ1n) is 10.00. The summed E-state index contributed by atoms with van der Waals surface area (Å²) in [5.74, 6) is 0.668. The van der Waals surface area contributed by atoms with Crippen LogP contribution in [0, 0.1) is 5.82 Å². The lowest BCUT2D eigenvalue weighted by molar-refractivity contribution is 0.151. The molecule has 6 nitrogen and oxygen atoms in total. The van der Waals surface area contributed by atoms with Crippen molar-refractivity contribution < 1.29 is 13.2 Å². The Kier molecular flexibility index (Phi) is 6.15. The topological polar surface area (TPSA) is 65.1 Å². The highest BCUT2D eigenvalue weighted by molar-refractivity contribution is 5.62. The zero-order valence-electron chi connectivity index (χ0n) is 16.1. The summed E-state index contributed by atoms with van der Waals surface area (Å²) in [6.07, 6.45) is 0.235. The van der Waals surface area contributed by atoms with Crippen molar-refractivity contribution in [2.45, 2.75) is 25.2 Å². The third-order valence-electron chi connectivity index (χ3n) is 5.44. The van der Waals surface area contributed by atoms with Crippen LogP contribution in [-0.4, -0.2) is 49.2 Å². The SMILES string of the molecule is Fc1c(N2CCNCC2)cc(Nc2ccc(C(F)F)cn2)nc1C1CCNCC1. The highest BCUT2D eigenvalue weighted by atomic mass is 19.3. The fourth-order valence-electron chi connectivity index (χ4n) is 3.84. The standard InChI is InChI=1S/C20H25F3N6/c21-18-15(29-9-7-25-8-10-29)11-17(28-19(18)13-3-5-24-6-4-13)27-16-2-1-14(12-26-16)20(22)23/h1-2,11-13,20,24-25H,3-10H2,(H,26,27,28). The van der Waals surface area contributed by atoms with Crippen LogP contribution in [0.2, 0.25) is 0 Å². The number of nitrogens with one attached hydrogen (secondary N) is 3. The summed E-state index contributed by atoms with van der Waals surface area (Å²) in [6, 6.07) is 4.50. The molecule has 2 aliphatic rings. The maximum absolute atomic E-state index is 15.4. The van der Waals surface area contributed by atoms with E-state index in [2.05, 4.69) is 25.9 Å². The Labute approximate surface area is 167 Å². The second-order valence-electron chi connectivity index (χ2n) is 7.39. The molecule has 4 rings (SSSR count). The van der Waals surface area contributed by atoms with E-state index in [-0.39, 0.29) is 17.3 Å². The summed E-state index contributed by atoms with van der Waals surface area (Å²) < 4.78 is 40.9. The number of hydrogen-bond acceptors (Lipinski definition) is 6. The number of rotatable bonds is 5. The first-order valence-corrected chi connectivity index (χ1v) is 10.00. The second-order valence-corrected chi connectivity index (χ2v) is 7.39. The van der Waals surface area contributed by atoms with Gasteiger partial charge in [0, 0.05) is 49.9 Å². The van der Waals surface area contributed by atoms with E-state index in [1.807, 2.05) is 4.90 Å². The van der Waals surface area contributed by atoms with Crippen LogP contribution in [0.25, 0.3) is 0 Å². The third-order valence-corrected chi connectivity index (χ3v) is 5.44. The van der Waals surface area contributed by atoms with E-state index in [1.165, 1.54) is 12.1 Å². The number of aromatic nitrogens is 2. The maximum atomic E-state index is 15.4. The van der Waals surface area contributed by atoms with Crippen LogP contribution in [0.1, 0.15) is 36.4 Å². The average molecular weight is 406 g/mol. The fourth-order valence-corrected chi connectivity index (χ4v) is 3.84. The molecule has 0 aliphatic carbocycles. The van der Waals surface area contributed by atoms with E-state index in [1.54, 1.807) is 6.07 Å². The average Bonchev–Trinajstić information content (AvgIpc) is 2.76. The van der Waals surface area contributed by atoms with Crippen LogP contribution >= 0.6 is 0 Å². The lowest BCUT2D eigenvalue weighted by Crippen LogP contribution is -2.44. The Morgan fingerprint density at radius 2 is 1.76 bits per heavy atom. The van der Waals surface area contributed by atoms with Crippen LogP contribution in [0.15, 0.2) is 24.4 Å². The lowest BCUT2D eigenvalue weighted by atomic mass is 9.93. The molecule has 0 amide bonds. The second kappa shape index (κ2) is 8.96. The molecule has 4 heterocycles.